The van der Waals surface area contributed by atoms with Crippen molar-refractivity contribution in [2.75, 3.05) is 19.7 Å². The minimum Gasteiger partial charge on any atom is -0.462 e. The molecule has 1 amide bonds. The molecule has 0 N–H and O–H groups in total. The minimum atomic E-state index is -0.491. The summed E-state index contributed by atoms with van der Waals surface area (Å²) in [4.78, 5) is 25.5. The number of carbonyl (C=O) groups is 2. The second-order valence-corrected chi connectivity index (χ2v) is 6.55. The first-order chi connectivity index (χ1) is 10.3. The van der Waals surface area contributed by atoms with E-state index in [1.807, 2.05) is 26.8 Å². The second-order valence-electron chi connectivity index (χ2n) is 6.55. The number of hydrogen-bond acceptors (Lipinski definition) is 4. The largest absolute Gasteiger partial charge is 0.462 e. The van der Waals surface area contributed by atoms with E-state index in [9.17, 15) is 9.59 Å². The molecule has 1 saturated heterocycles. The van der Waals surface area contributed by atoms with E-state index < -0.39 is 5.60 Å². The zero-order valence-corrected chi connectivity index (χ0v) is 14.6. The highest BCUT2D eigenvalue weighted by molar-refractivity contribution is 5.89. The van der Waals surface area contributed by atoms with Crippen molar-refractivity contribution in [2.45, 2.75) is 32.8 Å². The topological polar surface area (TPSA) is 55.8 Å². The van der Waals surface area contributed by atoms with E-state index in [-0.39, 0.29) is 30.4 Å². The Bertz CT molecular complexity index is 527. The van der Waals surface area contributed by atoms with Crippen molar-refractivity contribution in [1.29, 1.82) is 0 Å². The molecule has 1 aromatic carbocycles. The van der Waals surface area contributed by atoms with Crippen molar-refractivity contribution in [3.05, 3.63) is 35.9 Å². The highest BCUT2D eigenvalue weighted by Gasteiger charge is 2.30. The van der Waals surface area contributed by atoms with E-state index in [1.54, 1.807) is 29.2 Å². The first kappa shape index (κ1) is 19.3. The van der Waals surface area contributed by atoms with Crippen LogP contribution in [0.2, 0.25) is 0 Å². The fourth-order valence-electron chi connectivity index (χ4n) is 2.31. The summed E-state index contributed by atoms with van der Waals surface area (Å²) in [5.41, 5.74) is 0.0547. The lowest BCUT2D eigenvalue weighted by atomic mass is 10.1. The number of benzene rings is 1. The Hall–Kier alpha value is -1.75. The van der Waals surface area contributed by atoms with Crippen molar-refractivity contribution in [2.24, 2.45) is 5.92 Å². The van der Waals surface area contributed by atoms with Crippen molar-refractivity contribution in [3.63, 3.8) is 0 Å². The molecule has 5 nitrogen and oxygen atoms in total. The Morgan fingerprint density at radius 1 is 1.22 bits per heavy atom. The van der Waals surface area contributed by atoms with Crippen LogP contribution in [-0.4, -0.2) is 42.3 Å². The Kier molecular flexibility index (Phi) is 6.88. The Morgan fingerprint density at radius 2 is 1.87 bits per heavy atom. The van der Waals surface area contributed by atoms with Crippen molar-refractivity contribution >= 4 is 24.5 Å². The van der Waals surface area contributed by atoms with Crippen LogP contribution in [0, 0.1) is 5.92 Å². The van der Waals surface area contributed by atoms with E-state index in [1.165, 1.54) is 0 Å². The Labute approximate surface area is 143 Å². The van der Waals surface area contributed by atoms with Crippen LogP contribution in [0.3, 0.4) is 0 Å². The predicted octanol–water partition coefficient (Wildman–Crippen LogP) is 3.52. The third-order valence-electron chi connectivity index (χ3n) is 3.40. The quantitative estimate of drug-likeness (QED) is 0.789. The summed E-state index contributed by atoms with van der Waals surface area (Å²) in [6, 6.07) is 8.91. The van der Waals surface area contributed by atoms with Gasteiger partial charge >= 0.3 is 12.1 Å². The normalized spacial score (nSPS) is 17.3. The van der Waals surface area contributed by atoms with Crippen molar-refractivity contribution < 1.29 is 19.1 Å². The van der Waals surface area contributed by atoms with Crippen LogP contribution in [0.4, 0.5) is 4.79 Å². The van der Waals surface area contributed by atoms with Crippen molar-refractivity contribution in [3.8, 4) is 0 Å². The third-order valence-corrected chi connectivity index (χ3v) is 3.40. The number of likely N-dealkylation sites (tertiary alicyclic amines) is 1. The van der Waals surface area contributed by atoms with Gasteiger partial charge in [0.1, 0.15) is 5.60 Å². The molecular formula is C17H24ClNO4. The van der Waals surface area contributed by atoms with Gasteiger partial charge in [0.2, 0.25) is 0 Å². The third kappa shape index (κ3) is 6.10. The number of ether oxygens (including phenoxy) is 2. The SMILES string of the molecule is CC(C)(C)OC(=O)N1CC[C@H](COC(=O)c2ccccc2)C1.Cl. The maximum absolute atomic E-state index is 12.0. The lowest BCUT2D eigenvalue weighted by molar-refractivity contribution is 0.0274. The molecule has 0 bridgehead atoms. The average molecular weight is 342 g/mol. The van der Waals surface area contributed by atoms with Crippen LogP contribution in [0.1, 0.15) is 37.6 Å². The maximum atomic E-state index is 12.0. The van der Waals surface area contributed by atoms with E-state index in [0.717, 1.165) is 6.42 Å². The maximum Gasteiger partial charge on any atom is 0.410 e. The summed E-state index contributed by atoms with van der Waals surface area (Å²) in [5, 5.41) is 0. The molecule has 0 unspecified atom stereocenters. The summed E-state index contributed by atoms with van der Waals surface area (Å²) >= 11 is 0. The molecule has 6 heteroatoms. The molecule has 1 aliphatic rings. The van der Waals surface area contributed by atoms with Gasteiger partial charge in [-0.05, 0) is 39.3 Å². The smallest absolute Gasteiger partial charge is 0.410 e. The van der Waals surface area contributed by atoms with Gasteiger partial charge in [0.25, 0.3) is 0 Å². The molecule has 0 spiro atoms. The number of halogens is 1. The summed E-state index contributed by atoms with van der Waals surface area (Å²) in [5.74, 6) is -0.156. The second kappa shape index (κ2) is 8.20. The summed E-state index contributed by atoms with van der Waals surface area (Å²) < 4.78 is 10.7. The van der Waals surface area contributed by atoms with E-state index >= 15 is 0 Å². The molecule has 23 heavy (non-hydrogen) atoms. The minimum absolute atomic E-state index is 0. The molecule has 2 rings (SSSR count). The van der Waals surface area contributed by atoms with Crippen LogP contribution in [0.5, 0.6) is 0 Å². The molecule has 1 atom stereocenters. The molecule has 0 radical (unpaired) electrons. The lowest BCUT2D eigenvalue weighted by Gasteiger charge is -2.24. The Balaban J connectivity index is 0.00000264. The van der Waals surface area contributed by atoms with Gasteiger partial charge in [-0.2, -0.15) is 0 Å². The van der Waals surface area contributed by atoms with Gasteiger partial charge in [-0.25, -0.2) is 9.59 Å². The molecule has 1 aromatic rings. The van der Waals surface area contributed by atoms with E-state index in [0.29, 0.717) is 25.3 Å². The van der Waals surface area contributed by atoms with Crippen molar-refractivity contribution in [1.82, 2.24) is 4.90 Å². The molecule has 0 aromatic heterocycles. The predicted molar refractivity (Wildman–Crippen MR) is 89.9 cm³/mol. The summed E-state index contributed by atoms with van der Waals surface area (Å²) in [6.07, 6.45) is 0.519. The Morgan fingerprint density at radius 3 is 2.48 bits per heavy atom. The number of carbonyl (C=O) groups excluding carboxylic acids is 2. The molecule has 128 valence electrons. The molecule has 1 heterocycles. The number of nitrogens with zero attached hydrogens (tertiary/aromatic N) is 1. The average Bonchev–Trinajstić information content (AvgIpc) is 2.93. The van der Waals surface area contributed by atoms with Gasteiger partial charge < -0.3 is 14.4 Å². The van der Waals surface area contributed by atoms with Gasteiger partial charge in [-0.1, -0.05) is 18.2 Å². The number of esters is 1. The fraction of sp³-hybridized carbons (Fsp3) is 0.529. The van der Waals surface area contributed by atoms with Gasteiger partial charge in [0.05, 0.1) is 12.2 Å². The standard InChI is InChI=1S/C17H23NO4.ClH/c1-17(2,3)22-16(20)18-10-9-13(11-18)12-21-15(19)14-7-5-4-6-8-14;/h4-8,13H,9-12H2,1-3H3;1H/t13-;/m0./s1. The summed E-state index contributed by atoms with van der Waals surface area (Å²) in [7, 11) is 0. The monoisotopic (exact) mass is 341 g/mol. The van der Waals surface area contributed by atoms with Crippen LogP contribution >= 0.6 is 12.4 Å². The zero-order valence-electron chi connectivity index (χ0n) is 13.8. The number of amides is 1. The molecular weight excluding hydrogens is 318 g/mol. The molecule has 1 fully saturated rings. The van der Waals surface area contributed by atoms with Crippen LogP contribution < -0.4 is 0 Å². The highest BCUT2D eigenvalue weighted by atomic mass is 35.5. The van der Waals surface area contributed by atoms with Crippen LogP contribution in [0.25, 0.3) is 0 Å². The van der Waals surface area contributed by atoms with Crippen LogP contribution in [-0.2, 0) is 9.47 Å². The lowest BCUT2D eigenvalue weighted by Crippen LogP contribution is -2.35. The number of rotatable bonds is 3. The van der Waals surface area contributed by atoms with E-state index in [2.05, 4.69) is 0 Å². The highest BCUT2D eigenvalue weighted by Crippen LogP contribution is 2.20. The molecule has 1 aliphatic heterocycles. The molecule has 0 saturated carbocycles. The molecule has 0 aliphatic carbocycles. The zero-order chi connectivity index (χ0) is 16.2. The van der Waals surface area contributed by atoms with Gasteiger partial charge in [-0.3, -0.25) is 0 Å². The first-order valence-electron chi connectivity index (χ1n) is 7.55. The number of hydrogen-bond donors (Lipinski definition) is 0. The van der Waals surface area contributed by atoms with E-state index in [4.69, 9.17) is 9.47 Å². The fourth-order valence-corrected chi connectivity index (χ4v) is 2.31. The summed E-state index contributed by atoms with van der Waals surface area (Å²) in [6.45, 7) is 7.08. The van der Waals surface area contributed by atoms with Gasteiger partial charge in [0.15, 0.2) is 0 Å². The van der Waals surface area contributed by atoms with Gasteiger partial charge in [0, 0.05) is 19.0 Å². The first-order valence-corrected chi connectivity index (χ1v) is 7.55. The van der Waals surface area contributed by atoms with Gasteiger partial charge in [-0.15, -0.1) is 12.4 Å². The van der Waals surface area contributed by atoms with Crippen LogP contribution in [0.15, 0.2) is 30.3 Å².